The van der Waals surface area contributed by atoms with Crippen molar-refractivity contribution in [3.63, 3.8) is 0 Å². The van der Waals surface area contributed by atoms with Crippen molar-refractivity contribution in [2.75, 3.05) is 24.6 Å². The number of aromatic nitrogens is 3. The fourth-order valence-corrected chi connectivity index (χ4v) is 3.77. The van der Waals surface area contributed by atoms with Gasteiger partial charge in [0.1, 0.15) is 17.9 Å². The number of pyridine rings is 1. The zero-order chi connectivity index (χ0) is 18.6. The van der Waals surface area contributed by atoms with Crippen LogP contribution in [-0.4, -0.2) is 39.8 Å². The molecule has 0 spiro atoms. The van der Waals surface area contributed by atoms with E-state index in [1.165, 1.54) is 0 Å². The van der Waals surface area contributed by atoms with Crippen molar-refractivity contribution in [1.29, 1.82) is 0 Å². The number of rotatable bonds is 5. The Morgan fingerprint density at radius 1 is 1.15 bits per heavy atom. The van der Waals surface area contributed by atoms with Gasteiger partial charge in [-0.15, -0.1) is 0 Å². The zero-order valence-corrected chi connectivity index (χ0v) is 15.5. The molecule has 1 aliphatic heterocycles. The first-order chi connectivity index (χ1) is 13.3. The third-order valence-electron chi connectivity index (χ3n) is 5.24. The summed E-state index contributed by atoms with van der Waals surface area (Å²) in [4.78, 5) is 15.2. The Morgan fingerprint density at radius 3 is 2.67 bits per heavy atom. The first-order valence-electron chi connectivity index (χ1n) is 9.46. The molecule has 1 aliphatic rings. The van der Waals surface area contributed by atoms with Gasteiger partial charge < -0.3 is 14.7 Å². The number of fused-ring (bicyclic) bond motifs is 1. The highest BCUT2D eigenvalue weighted by Gasteiger charge is 2.27. The van der Waals surface area contributed by atoms with Gasteiger partial charge in [-0.2, -0.15) is 0 Å². The molecule has 0 saturated carbocycles. The molecule has 140 valence electrons. The normalized spacial score (nSPS) is 16.4. The lowest BCUT2D eigenvalue weighted by molar-refractivity contribution is 0.0928. The van der Waals surface area contributed by atoms with Gasteiger partial charge in [-0.05, 0) is 49.4 Å². The lowest BCUT2D eigenvalue weighted by atomic mass is 9.87. The van der Waals surface area contributed by atoms with Crippen LogP contribution in [-0.2, 0) is 0 Å². The predicted octanol–water partition coefficient (Wildman–Crippen LogP) is 3.37. The molecule has 1 fully saturated rings. The molecular formula is C21H24N4O2. The Bertz CT molecular complexity index is 887. The number of ether oxygens (including phenoxy) is 1. The van der Waals surface area contributed by atoms with Crippen LogP contribution in [0.1, 0.15) is 31.4 Å². The van der Waals surface area contributed by atoms with Crippen LogP contribution in [0.4, 0.5) is 5.82 Å². The zero-order valence-electron chi connectivity index (χ0n) is 15.5. The lowest BCUT2D eigenvalue weighted by Crippen LogP contribution is -2.36. The summed E-state index contributed by atoms with van der Waals surface area (Å²) in [7, 11) is 0. The number of hydrogen-bond donors (Lipinski definition) is 1. The molecule has 1 unspecified atom stereocenters. The summed E-state index contributed by atoms with van der Waals surface area (Å²) in [6.07, 6.45) is 6.53. The van der Waals surface area contributed by atoms with Crippen LogP contribution in [0.3, 0.4) is 0 Å². The second-order valence-electron chi connectivity index (χ2n) is 6.86. The lowest BCUT2D eigenvalue weighted by Gasteiger charge is -2.35. The summed E-state index contributed by atoms with van der Waals surface area (Å²) < 4.78 is 5.48. The van der Waals surface area contributed by atoms with Crippen LogP contribution < -0.4 is 9.64 Å². The molecule has 1 aromatic carbocycles. The second-order valence-corrected chi connectivity index (χ2v) is 6.86. The van der Waals surface area contributed by atoms with Gasteiger partial charge in [-0.25, -0.2) is 9.97 Å². The summed E-state index contributed by atoms with van der Waals surface area (Å²) in [5.41, 5.74) is 1.81. The van der Waals surface area contributed by atoms with Gasteiger partial charge in [-0.3, -0.25) is 4.98 Å². The Hall–Kier alpha value is -2.73. The van der Waals surface area contributed by atoms with E-state index in [-0.39, 0.29) is 5.92 Å². The minimum atomic E-state index is -0.450. The van der Waals surface area contributed by atoms with Crippen LogP contribution >= 0.6 is 0 Å². The maximum absolute atomic E-state index is 10.8. The molecule has 1 N–H and O–H groups in total. The maximum atomic E-state index is 10.8. The molecule has 27 heavy (non-hydrogen) atoms. The molecular weight excluding hydrogens is 340 g/mol. The first kappa shape index (κ1) is 17.7. The smallest absolute Gasteiger partial charge is 0.139 e. The molecule has 2 aromatic heterocycles. The number of nitrogens with zero attached hydrogens (tertiary/aromatic N) is 4. The average Bonchev–Trinajstić information content (AvgIpc) is 2.74. The van der Waals surface area contributed by atoms with E-state index >= 15 is 0 Å². The van der Waals surface area contributed by atoms with E-state index in [1.54, 1.807) is 18.7 Å². The third-order valence-corrected chi connectivity index (χ3v) is 5.24. The van der Waals surface area contributed by atoms with E-state index in [2.05, 4.69) is 19.9 Å². The summed E-state index contributed by atoms with van der Waals surface area (Å²) >= 11 is 0. The highest BCUT2D eigenvalue weighted by atomic mass is 16.5. The van der Waals surface area contributed by atoms with Crippen molar-refractivity contribution in [2.24, 2.45) is 5.92 Å². The topological polar surface area (TPSA) is 71.4 Å². The molecule has 3 aromatic rings. The summed E-state index contributed by atoms with van der Waals surface area (Å²) in [5.74, 6) is 2.04. The molecule has 0 aliphatic carbocycles. The molecule has 1 saturated heterocycles. The molecule has 0 radical (unpaired) electrons. The van der Waals surface area contributed by atoms with Crippen LogP contribution in [0.15, 0.2) is 49.1 Å². The van der Waals surface area contributed by atoms with Gasteiger partial charge in [0, 0.05) is 24.7 Å². The number of anilines is 1. The van der Waals surface area contributed by atoms with Gasteiger partial charge in [0.15, 0.2) is 0 Å². The fraction of sp³-hybridized carbons (Fsp3) is 0.381. The van der Waals surface area contributed by atoms with Crippen molar-refractivity contribution < 1.29 is 9.84 Å². The van der Waals surface area contributed by atoms with Crippen LogP contribution in [0.25, 0.3) is 10.9 Å². The Morgan fingerprint density at radius 2 is 1.93 bits per heavy atom. The highest BCUT2D eigenvalue weighted by Crippen LogP contribution is 2.34. The SMILES string of the molecule is CCOc1ccc(C(O)C2CCN(c3ncnc4cnccc34)CC2)cc1. The largest absolute Gasteiger partial charge is 0.494 e. The van der Waals surface area contributed by atoms with E-state index in [0.29, 0.717) is 6.61 Å². The highest BCUT2D eigenvalue weighted by molar-refractivity contribution is 5.88. The van der Waals surface area contributed by atoms with E-state index in [1.807, 2.05) is 37.3 Å². The number of aliphatic hydroxyl groups is 1. The van der Waals surface area contributed by atoms with Crippen molar-refractivity contribution >= 4 is 16.7 Å². The van der Waals surface area contributed by atoms with Gasteiger partial charge in [0.2, 0.25) is 0 Å². The quantitative estimate of drug-likeness (QED) is 0.748. The van der Waals surface area contributed by atoms with Crippen molar-refractivity contribution in [3.05, 3.63) is 54.6 Å². The predicted molar refractivity (Wildman–Crippen MR) is 105 cm³/mol. The monoisotopic (exact) mass is 364 g/mol. The van der Waals surface area contributed by atoms with Gasteiger partial charge in [0.25, 0.3) is 0 Å². The fourth-order valence-electron chi connectivity index (χ4n) is 3.77. The summed E-state index contributed by atoms with van der Waals surface area (Å²) in [6.45, 7) is 4.35. The number of aliphatic hydroxyl groups excluding tert-OH is 1. The van der Waals surface area contributed by atoms with E-state index < -0.39 is 6.10 Å². The first-order valence-corrected chi connectivity index (χ1v) is 9.46. The summed E-state index contributed by atoms with van der Waals surface area (Å²) in [6, 6.07) is 9.75. The van der Waals surface area contributed by atoms with Crippen molar-refractivity contribution in [3.8, 4) is 5.75 Å². The molecule has 1 atom stereocenters. The minimum absolute atomic E-state index is 0.244. The summed E-state index contributed by atoms with van der Waals surface area (Å²) in [5, 5.41) is 11.8. The molecule has 4 rings (SSSR count). The average molecular weight is 364 g/mol. The number of piperidine rings is 1. The van der Waals surface area contributed by atoms with Gasteiger partial charge in [-0.1, -0.05) is 12.1 Å². The van der Waals surface area contributed by atoms with E-state index in [0.717, 1.165) is 54.0 Å². The van der Waals surface area contributed by atoms with Gasteiger partial charge in [0.05, 0.1) is 24.4 Å². The molecule has 6 heteroatoms. The second kappa shape index (κ2) is 7.88. The standard InChI is InChI=1S/C21H24N4O2/c1-2-27-17-5-3-15(4-6-17)20(26)16-8-11-25(12-9-16)21-18-7-10-22-13-19(18)23-14-24-21/h3-7,10,13-14,16,20,26H,2,8-9,11-12H2,1H3. The molecule has 0 bridgehead atoms. The molecule has 0 amide bonds. The Kier molecular flexibility index (Phi) is 5.16. The van der Waals surface area contributed by atoms with Crippen LogP contribution in [0, 0.1) is 5.92 Å². The van der Waals surface area contributed by atoms with Crippen LogP contribution in [0.2, 0.25) is 0 Å². The Labute approximate surface area is 158 Å². The number of benzene rings is 1. The van der Waals surface area contributed by atoms with E-state index in [9.17, 15) is 5.11 Å². The molecule has 3 heterocycles. The maximum Gasteiger partial charge on any atom is 0.139 e. The van der Waals surface area contributed by atoms with E-state index in [4.69, 9.17) is 4.74 Å². The van der Waals surface area contributed by atoms with Crippen molar-refractivity contribution in [2.45, 2.75) is 25.9 Å². The minimum Gasteiger partial charge on any atom is -0.494 e. The third kappa shape index (κ3) is 3.71. The van der Waals surface area contributed by atoms with Crippen LogP contribution in [0.5, 0.6) is 5.75 Å². The number of hydrogen-bond acceptors (Lipinski definition) is 6. The van der Waals surface area contributed by atoms with Crippen molar-refractivity contribution in [1.82, 2.24) is 15.0 Å². The molecule has 6 nitrogen and oxygen atoms in total. The van der Waals surface area contributed by atoms with Gasteiger partial charge >= 0.3 is 0 Å². The Balaban J connectivity index is 1.43.